The fourth-order valence-electron chi connectivity index (χ4n) is 7.83. The zero-order chi connectivity index (χ0) is 18.0. The zero-order valence-corrected chi connectivity index (χ0v) is 17.7. The van der Waals surface area contributed by atoms with Gasteiger partial charge in [0.1, 0.15) is 5.78 Å². The van der Waals surface area contributed by atoms with Gasteiger partial charge in [0, 0.05) is 5.92 Å². The van der Waals surface area contributed by atoms with Crippen LogP contribution in [0.2, 0.25) is 0 Å². The first-order chi connectivity index (χ1) is 11.7. The van der Waals surface area contributed by atoms with Crippen molar-refractivity contribution in [2.75, 3.05) is 0 Å². The number of halogens is 1. The Hall–Kier alpha value is 0.110. The average Bonchev–Trinajstić information content (AvgIpc) is 2.89. The third kappa shape index (κ3) is 2.96. The van der Waals surface area contributed by atoms with Gasteiger partial charge in [-0.05, 0) is 107 Å². The van der Waals surface area contributed by atoms with E-state index in [-0.39, 0.29) is 16.2 Å². The molecule has 0 amide bonds. The maximum absolute atomic E-state index is 12.8. The van der Waals surface area contributed by atoms with Gasteiger partial charge in [-0.25, -0.2) is 0 Å². The van der Waals surface area contributed by atoms with E-state index in [0.717, 1.165) is 48.9 Å². The lowest BCUT2D eigenvalue weighted by molar-refractivity contribution is -0.131. The number of Topliss-reactive ketones (excluding diaryl/α,β-unsaturated/α-hetero) is 1. The van der Waals surface area contributed by atoms with Gasteiger partial charge < -0.3 is 5.11 Å². The monoisotopic (exact) mass is 410 g/mol. The average molecular weight is 411 g/mol. The minimum atomic E-state index is -0.423. The van der Waals surface area contributed by atoms with E-state index in [0.29, 0.717) is 5.78 Å². The minimum Gasteiger partial charge on any atom is -0.390 e. The Balaban J connectivity index is 1.54. The van der Waals surface area contributed by atoms with Crippen LogP contribution in [0.5, 0.6) is 0 Å². The highest BCUT2D eigenvalue weighted by Crippen LogP contribution is 2.64. The largest absolute Gasteiger partial charge is 0.390 e. The normalized spacial score (nSPS) is 53.5. The minimum absolute atomic E-state index is 0.00195. The van der Waals surface area contributed by atoms with Crippen LogP contribution in [-0.2, 0) is 4.79 Å². The Bertz CT molecular complexity index is 542. The SMILES string of the molecule is C[C@H](Br)C(=O)[C@H]1CC[C@H]2[C@@H]3CC[C@@H]4C[C@](C)(O)CC[C@@H]4[C@H]3CC[C@]12C. The predicted molar refractivity (Wildman–Crippen MR) is 105 cm³/mol. The molecule has 4 aliphatic carbocycles. The summed E-state index contributed by atoms with van der Waals surface area (Å²) in [5.41, 5.74) is -0.179. The number of rotatable bonds is 2. The van der Waals surface area contributed by atoms with Crippen LogP contribution in [0, 0.1) is 40.9 Å². The molecule has 4 rings (SSSR count). The Morgan fingerprint density at radius 3 is 2.44 bits per heavy atom. The van der Waals surface area contributed by atoms with E-state index < -0.39 is 5.60 Å². The molecule has 9 atom stereocenters. The third-order valence-corrected chi connectivity index (χ3v) is 9.42. The van der Waals surface area contributed by atoms with Crippen molar-refractivity contribution in [1.82, 2.24) is 0 Å². The summed E-state index contributed by atoms with van der Waals surface area (Å²) in [4.78, 5) is 12.8. The van der Waals surface area contributed by atoms with E-state index in [1.165, 1.54) is 38.5 Å². The number of hydrogen-bond acceptors (Lipinski definition) is 2. The fourth-order valence-corrected chi connectivity index (χ4v) is 8.15. The lowest BCUT2D eigenvalue weighted by atomic mass is 9.49. The highest BCUT2D eigenvalue weighted by Gasteiger charge is 2.58. The predicted octanol–water partition coefficient (Wildman–Crippen LogP) is 5.36. The maximum atomic E-state index is 12.8. The second-order valence-electron chi connectivity index (χ2n) is 10.4. The Labute approximate surface area is 161 Å². The number of ketones is 1. The highest BCUT2D eigenvalue weighted by molar-refractivity contribution is 9.10. The van der Waals surface area contributed by atoms with Gasteiger partial charge in [-0.2, -0.15) is 0 Å². The Morgan fingerprint density at radius 2 is 1.72 bits per heavy atom. The molecular formula is C22H35BrO2. The molecule has 2 nitrogen and oxygen atoms in total. The summed E-state index contributed by atoms with van der Waals surface area (Å²) in [5, 5.41) is 10.5. The number of hydrogen-bond donors (Lipinski definition) is 1. The molecule has 0 aliphatic heterocycles. The first-order valence-electron chi connectivity index (χ1n) is 10.6. The molecule has 4 fully saturated rings. The van der Waals surface area contributed by atoms with Crippen LogP contribution < -0.4 is 0 Å². The van der Waals surface area contributed by atoms with Crippen molar-refractivity contribution in [3.8, 4) is 0 Å². The highest BCUT2D eigenvalue weighted by atomic mass is 79.9. The van der Waals surface area contributed by atoms with Crippen molar-refractivity contribution in [2.45, 2.75) is 89.0 Å². The summed E-state index contributed by atoms with van der Waals surface area (Å²) in [6.45, 7) is 6.49. The van der Waals surface area contributed by atoms with Crippen LogP contribution in [-0.4, -0.2) is 21.3 Å². The zero-order valence-electron chi connectivity index (χ0n) is 16.1. The molecule has 0 radical (unpaired) electrons. The summed E-state index contributed by atoms with van der Waals surface area (Å²) in [6.07, 6.45) is 10.8. The quantitative estimate of drug-likeness (QED) is 0.622. The Morgan fingerprint density at radius 1 is 1.00 bits per heavy atom. The molecule has 0 aromatic heterocycles. The van der Waals surface area contributed by atoms with Crippen molar-refractivity contribution in [3.05, 3.63) is 0 Å². The van der Waals surface area contributed by atoms with Gasteiger partial charge in [-0.1, -0.05) is 22.9 Å². The molecule has 1 N–H and O–H groups in total. The summed E-state index contributed by atoms with van der Waals surface area (Å²) in [6, 6.07) is 0. The molecule has 4 aliphatic rings. The van der Waals surface area contributed by atoms with Crippen LogP contribution in [0.4, 0.5) is 0 Å². The lowest BCUT2D eigenvalue weighted by Crippen LogP contribution is -2.51. The van der Waals surface area contributed by atoms with Crippen molar-refractivity contribution in [1.29, 1.82) is 0 Å². The summed E-state index contributed by atoms with van der Waals surface area (Å²) < 4.78 is 0. The van der Waals surface area contributed by atoms with E-state index >= 15 is 0 Å². The van der Waals surface area contributed by atoms with Crippen LogP contribution >= 0.6 is 15.9 Å². The van der Waals surface area contributed by atoms with Gasteiger partial charge in [0.2, 0.25) is 0 Å². The number of fused-ring (bicyclic) bond motifs is 5. The summed E-state index contributed by atoms with van der Waals surface area (Å²) >= 11 is 3.54. The van der Waals surface area contributed by atoms with E-state index in [9.17, 15) is 9.90 Å². The number of carbonyl (C=O) groups is 1. The number of aliphatic hydroxyl groups is 1. The van der Waals surface area contributed by atoms with Gasteiger partial charge >= 0.3 is 0 Å². The first-order valence-corrected chi connectivity index (χ1v) is 11.5. The second kappa shape index (κ2) is 6.33. The molecule has 3 heteroatoms. The molecule has 0 aromatic carbocycles. The molecule has 0 heterocycles. The third-order valence-electron chi connectivity index (χ3n) is 8.97. The lowest BCUT2D eigenvalue weighted by Gasteiger charge is -2.57. The standard InChI is InChI=1S/C22H35BrO2/c1-13(23)20(24)19-7-6-18-17-5-4-14-12-21(2,25)10-8-15(14)16(17)9-11-22(18,19)3/h13-19,25H,4-12H2,1-3H3/t13-,14+,15-,16+,17+,18-,19+,21+,22-/m0/s1. The second-order valence-corrected chi connectivity index (χ2v) is 11.7. The van der Waals surface area contributed by atoms with Gasteiger partial charge in [0.15, 0.2) is 0 Å². The van der Waals surface area contributed by atoms with Crippen LogP contribution in [0.3, 0.4) is 0 Å². The smallest absolute Gasteiger partial charge is 0.149 e. The van der Waals surface area contributed by atoms with E-state index in [1.54, 1.807) is 0 Å². The first kappa shape index (κ1) is 18.5. The van der Waals surface area contributed by atoms with Crippen molar-refractivity contribution in [2.24, 2.45) is 40.9 Å². The molecule has 25 heavy (non-hydrogen) atoms. The summed E-state index contributed by atoms with van der Waals surface area (Å²) in [7, 11) is 0. The van der Waals surface area contributed by atoms with E-state index in [4.69, 9.17) is 0 Å². The molecular weight excluding hydrogens is 376 g/mol. The molecule has 0 spiro atoms. The van der Waals surface area contributed by atoms with Crippen molar-refractivity contribution < 1.29 is 9.90 Å². The van der Waals surface area contributed by atoms with Gasteiger partial charge in [0.05, 0.1) is 10.4 Å². The Kier molecular flexibility index (Phi) is 4.68. The van der Waals surface area contributed by atoms with Crippen molar-refractivity contribution in [3.63, 3.8) is 0 Å². The van der Waals surface area contributed by atoms with Gasteiger partial charge in [-0.3, -0.25) is 4.79 Å². The van der Waals surface area contributed by atoms with E-state index in [1.807, 2.05) is 13.8 Å². The fraction of sp³-hybridized carbons (Fsp3) is 0.955. The van der Waals surface area contributed by atoms with Gasteiger partial charge in [-0.15, -0.1) is 0 Å². The van der Waals surface area contributed by atoms with E-state index in [2.05, 4.69) is 22.9 Å². The molecule has 0 aromatic rings. The maximum Gasteiger partial charge on any atom is 0.149 e. The summed E-state index contributed by atoms with van der Waals surface area (Å²) in [5.74, 6) is 4.78. The molecule has 0 unspecified atom stereocenters. The number of alkyl halides is 1. The van der Waals surface area contributed by atoms with Gasteiger partial charge in [0.25, 0.3) is 0 Å². The molecule has 0 bridgehead atoms. The molecule has 142 valence electrons. The number of carbonyl (C=O) groups excluding carboxylic acids is 1. The van der Waals surface area contributed by atoms with Crippen LogP contribution in [0.1, 0.15) is 78.6 Å². The molecule has 0 saturated heterocycles. The van der Waals surface area contributed by atoms with Crippen LogP contribution in [0.15, 0.2) is 0 Å². The van der Waals surface area contributed by atoms with Crippen LogP contribution in [0.25, 0.3) is 0 Å². The van der Waals surface area contributed by atoms with Crippen molar-refractivity contribution >= 4 is 21.7 Å². The topological polar surface area (TPSA) is 37.3 Å². The molecule has 4 saturated carbocycles.